The topological polar surface area (TPSA) is 89.7 Å². The molecule has 1 aliphatic rings. The maximum absolute atomic E-state index is 12.2. The molecule has 0 spiro atoms. The molecule has 0 aliphatic heterocycles. The normalized spacial score (nSPS) is 27.7. The second-order valence-electron chi connectivity index (χ2n) is 6.86. The van der Waals surface area contributed by atoms with Gasteiger partial charge < -0.3 is 9.84 Å². The van der Waals surface area contributed by atoms with Crippen molar-refractivity contribution in [1.82, 2.24) is 0 Å². The highest BCUT2D eigenvalue weighted by Crippen LogP contribution is 2.38. The van der Waals surface area contributed by atoms with Crippen LogP contribution in [-0.2, 0) is 4.74 Å². The van der Waals surface area contributed by atoms with Gasteiger partial charge in [-0.25, -0.2) is 4.79 Å². The Morgan fingerprint density at radius 2 is 2.00 bits per heavy atom. The monoisotopic (exact) mass is 321 g/mol. The van der Waals surface area contributed by atoms with Gasteiger partial charge in [-0.15, -0.1) is 0 Å². The van der Waals surface area contributed by atoms with Crippen molar-refractivity contribution in [1.29, 1.82) is 0 Å². The molecule has 1 aliphatic carbocycles. The third-order valence-corrected chi connectivity index (χ3v) is 4.65. The van der Waals surface area contributed by atoms with Crippen LogP contribution in [-0.4, -0.2) is 27.7 Å². The summed E-state index contributed by atoms with van der Waals surface area (Å²) in [6.07, 6.45) is 1.43. The van der Waals surface area contributed by atoms with E-state index in [1.54, 1.807) is 0 Å². The summed E-state index contributed by atoms with van der Waals surface area (Å²) in [4.78, 5) is 22.4. The second-order valence-corrected chi connectivity index (χ2v) is 6.86. The van der Waals surface area contributed by atoms with Crippen LogP contribution in [0.15, 0.2) is 24.3 Å². The Balaban J connectivity index is 2.03. The van der Waals surface area contributed by atoms with Crippen LogP contribution in [0.5, 0.6) is 0 Å². The van der Waals surface area contributed by atoms with E-state index in [4.69, 9.17) is 4.74 Å². The molecule has 2 rings (SSSR count). The van der Waals surface area contributed by atoms with E-state index < -0.39 is 22.6 Å². The summed E-state index contributed by atoms with van der Waals surface area (Å²) in [5, 5.41) is 20.9. The predicted molar refractivity (Wildman–Crippen MR) is 85.1 cm³/mol. The molecule has 0 heterocycles. The first kappa shape index (κ1) is 17.4. The lowest BCUT2D eigenvalue weighted by Gasteiger charge is -2.41. The van der Waals surface area contributed by atoms with E-state index in [2.05, 4.69) is 13.8 Å². The molecule has 3 atom stereocenters. The molecule has 0 bridgehead atoms. The van der Waals surface area contributed by atoms with Crippen molar-refractivity contribution in [2.45, 2.75) is 51.7 Å². The number of rotatable bonds is 4. The zero-order valence-corrected chi connectivity index (χ0v) is 13.7. The summed E-state index contributed by atoms with van der Waals surface area (Å²) in [5.41, 5.74) is -0.498. The molecule has 6 nitrogen and oxygen atoms in total. The maximum Gasteiger partial charge on any atom is 0.338 e. The first-order chi connectivity index (χ1) is 10.7. The van der Waals surface area contributed by atoms with Crippen molar-refractivity contribution >= 4 is 11.7 Å². The van der Waals surface area contributed by atoms with E-state index in [1.807, 2.05) is 6.92 Å². The zero-order chi connectivity index (χ0) is 17.2. The molecule has 0 radical (unpaired) electrons. The van der Waals surface area contributed by atoms with Crippen LogP contribution >= 0.6 is 0 Å². The smallest absolute Gasteiger partial charge is 0.338 e. The quantitative estimate of drug-likeness (QED) is 0.522. The molecule has 0 amide bonds. The number of ether oxygens (including phenoxy) is 1. The first-order valence-corrected chi connectivity index (χ1v) is 7.88. The third kappa shape index (κ3) is 4.07. The van der Waals surface area contributed by atoms with E-state index >= 15 is 0 Å². The van der Waals surface area contributed by atoms with Gasteiger partial charge in [-0.05, 0) is 43.7 Å². The number of hydrogen-bond acceptors (Lipinski definition) is 5. The Labute approximate surface area is 135 Å². The number of aliphatic hydroxyl groups excluding tert-OH is 1. The molecule has 1 saturated carbocycles. The fraction of sp³-hybridized carbons (Fsp3) is 0.588. The summed E-state index contributed by atoms with van der Waals surface area (Å²) >= 11 is 0. The highest BCUT2D eigenvalue weighted by molar-refractivity contribution is 5.89. The van der Waals surface area contributed by atoms with E-state index in [-0.39, 0.29) is 17.2 Å². The molecule has 1 N–H and O–H groups in total. The minimum Gasteiger partial charge on any atom is -0.456 e. The van der Waals surface area contributed by atoms with Crippen molar-refractivity contribution < 1.29 is 19.6 Å². The van der Waals surface area contributed by atoms with Crippen LogP contribution < -0.4 is 0 Å². The highest BCUT2D eigenvalue weighted by atomic mass is 16.6. The van der Waals surface area contributed by atoms with Crippen molar-refractivity contribution in [2.24, 2.45) is 11.8 Å². The number of esters is 1. The second kappa shape index (κ2) is 6.66. The fourth-order valence-corrected chi connectivity index (χ4v) is 3.23. The molecular formula is C17H23NO5. The Kier molecular flexibility index (Phi) is 5.04. The van der Waals surface area contributed by atoms with Gasteiger partial charge in [0.25, 0.3) is 5.69 Å². The lowest BCUT2D eigenvalue weighted by Crippen LogP contribution is -2.44. The first-order valence-electron chi connectivity index (χ1n) is 7.88. The highest BCUT2D eigenvalue weighted by Gasteiger charge is 2.40. The molecule has 1 fully saturated rings. The van der Waals surface area contributed by atoms with Crippen molar-refractivity contribution in [3.05, 3.63) is 39.9 Å². The number of non-ortho nitro benzene ring substituents is 1. The number of carbonyl (C=O) groups excluding carboxylic acids is 1. The Morgan fingerprint density at radius 1 is 1.39 bits per heavy atom. The minimum atomic E-state index is -0.705. The van der Waals surface area contributed by atoms with Crippen LogP contribution in [0.2, 0.25) is 0 Å². The van der Waals surface area contributed by atoms with Crippen molar-refractivity contribution in [3.8, 4) is 0 Å². The summed E-state index contributed by atoms with van der Waals surface area (Å²) in [5.74, 6) is 0.0960. The minimum absolute atomic E-state index is 0.0689. The number of carbonyl (C=O) groups is 1. The number of nitro groups is 1. The number of benzene rings is 1. The number of hydrogen-bond donors (Lipinski definition) is 1. The SMILES string of the molecule is CC(C)[C@@H]1CC[C@@](C)(OC(=O)c2ccc([N+](=O)[O-])cc2)C[C@H]1O. The fourth-order valence-electron chi connectivity index (χ4n) is 3.23. The summed E-state index contributed by atoms with van der Waals surface area (Å²) < 4.78 is 5.59. The Hall–Kier alpha value is -1.95. The lowest BCUT2D eigenvalue weighted by atomic mass is 9.73. The van der Waals surface area contributed by atoms with E-state index in [0.717, 1.165) is 6.42 Å². The van der Waals surface area contributed by atoms with E-state index in [9.17, 15) is 20.0 Å². The van der Waals surface area contributed by atoms with Gasteiger partial charge in [0, 0.05) is 18.6 Å². The van der Waals surface area contributed by atoms with Crippen LogP contribution in [0.4, 0.5) is 5.69 Å². The standard InChI is InChI=1S/C17H23NO5/c1-11(2)14-8-9-17(3,10-15(14)19)23-16(20)12-4-6-13(7-5-12)18(21)22/h4-7,11,14-15,19H,8-10H2,1-3H3/t14-,15+,17+/m0/s1. The van der Waals surface area contributed by atoms with Gasteiger partial charge in [-0.2, -0.15) is 0 Å². The molecule has 0 unspecified atom stereocenters. The van der Waals surface area contributed by atoms with Gasteiger partial charge in [-0.1, -0.05) is 13.8 Å². The summed E-state index contributed by atoms with van der Waals surface area (Å²) in [7, 11) is 0. The number of aliphatic hydroxyl groups is 1. The average molecular weight is 321 g/mol. The Bertz CT molecular complexity index is 583. The van der Waals surface area contributed by atoms with Gasteiger partial charge >= 0.3 is 5.97 Å². The van der Waals surface area contributed by atoms with E-state index in [0.29, 0.717) is 18.8 Å². The molecule has 0 saturated heterocycles. The zero-order valence-electron chi connectivity index (χ0n) is 13.7. The van der Waals surface area contributed by atoms with E-state index in [1.165, 1.54) is 24.3 Å². The average Bonchev–Trinajstić information content (AvgIpc) is 2.46. The molecule has 23 heavy (non-hydrogen) atoms. The molecular weight excluding hydrogens is 298 g/mol. The lowest BCUT2D eigenvalue weighted by molar-refractivity contribution is -0.384. The third-order valence-electron chi connectivity index (χ3n) is 4.65. The van der Waals surface area contributed by atoms with Crippen LogP contribution in [0.1, 0.15) is 50.4 Å². The largest absolute Gasteiger partial charge is 0.456 e. The maximum atomic E-state index is 12.2. The van der Waals surface area contributed by atoms with Gasteiger partial charge in [0.1, 0.15) is 5.60 Å². The van der Waals surface area contributed by atoms with Gasteiger partial charge in [-0.3, -0.25) is 10.1 Å². The predicted octanol–water partition coefficient (Wildman–Crippen LogP) is 3.33. The van der Waals surface area contributed by atoms with Gasteiger partial charge in [0.15, 0.2) is 0 Å². The van der Waals surface area contributed by atoms with Crippen molar-refractivity contribution in [2.75, 3.05) is 0 Å². The van der Waals surface area contributed by atoms with Gasteiger partial charge in [0.2, 0.25) is 0 Å². The number of nitro benzene ring substituents is 1. The molecule has 1 aromatic carbocycles. The molecule has 126 valence electrons. The van der Waals surface area contributed by atoms with Crippen LogP contribution in [0.3, 0.4) is 0 Å². The molecule has 1 aromatic rings. The van der Waals surface area contributed by atoms with Crippen molar-refractivity contribution in [3.63, 3.8) is 0 Å². The Morgan fingerprint density at radius 3 is 2.48 bits per heavy atom. The summed E-state index contributed by atoms with van der Waals surface area (Å²) in [6.45, 7) is 5.99. The molecule has 6 heteroatoms. The number of nitrogens with zero attached hydrogens (tertiary/aromatic N) is 1. The molecule has 0 aromatic heterocycles. The van der Waals surface area contributed by atoms with Gasteiger partial charge in [0.05, 0.1) is 16.6 Å². The summed E-state index contributed by atoms with van der Waals surface area (Å²) in [6, 6.07) is 5.34. The van der Waals surface area contributed by atoms with Crippen LogP contribution in [0, 0.1) is 22.0 Å². The van der Waals surface area contributed by atoms with Crippen LogP contribution in [0.25, 0.3) is 0 Å².